The second kappa shape index (κ2) is 8.19. The number of nitrogens with one attached hydrogen (secondary N) is 1. The molecule has 1 amide bonds. The average molecular weight is 388 g/mol. The van der Waals surface area contributed by atoms with Gasteiger partial charge in [0.2, 0.25) is 0 Å². The van der Waals surface area contributed by atoms with Crippen LogP contribution in [0.4, 0.5) is 0 Å². The van der Waals surface area contributed by atoms with Gasteiger partial charge in [0.25, 0.3) is 5.91 Å². The zero-order valence-electron chi connectivity index (χ0n) is 15.5. The highest BCUT2D eigenvalue weighted by atomic mass is 32.1. The number of carbonyl (C=O) groups is 1. The molecular weight excluding hydrogens is 368 g/mol. The molecular formula is C22H20N4OS. The van der Waals surface area contributed by atoms with Gasteiger partial charge in [-0.3, -0.25) is 4.79 Å². The Morgan fingerprint density at radius 3 is 2.50 bits per heavy atom. The van der Waals surface area contributed by atoms with Crippen LogP contribution in [0.2, 0.25) is 0 Å². The summed E-state index contributed by atoms with van der Waals surface area (Å²) in [5.41, 5.74) is 3.53. The average Bonchev–Trinajstić information content (AvgIpc) is 3.36. The van der Waals surface area contributed by atoms with Gasteiger partial charge in [0.15, 0.2) is 0 Å². The smallest absolute Gasteiger partial charge is 0.270 e. The maximum absolute atomic E-state index is 12.6. The summed E-state index contributed by atoms with van der Waals surface area (Å²) in [4.78, 5) is 18.5. The van der Waals surface area contributed by atoms with E-state index in [-0.39, 0.29) is 5.91 Å². The summed E-state index contributed by atoms with van der Waals surface area (Å²) >= 11 is 1.68. The van der Waals surface area contributed by atoms with Gasteiger partial charge in [0.05, 0.1) is 22.6 Å². The number of rotatable bonds is 6. The van der Waals surface area contributed by atoms with Crippen molar-refractivity contribution in [2.45, 2.75) is 13.3 Å². The number of carbonyl (C=O) groups excluding carboxylic acids is 1. The quantitative estimate of drug-likeness (QED) is 0.536. The third-order valence-corrected chi connectivity index (χ3v) is 5.42. The monoisotopic (exact) mass is 388 g/mol. The highest BCUT2D eigenvalue weighted by molar-refractivity contribution is 7.12. The van der Waals surface area contributed by atoms with E-state index >= 15 is 0 Å². The van der Waals surface area contributed by atoms with Crippen LogP contribution in [0.1, 0.15) is 20.4 Å². The predicted molar refractivity (Wildman–Crippen MR) is 112 cm³/mol. The van der Waals surface area contributed by atoms with Crippen molar-refractivity contribution >= 4 is 17.2 Å². The molecule has 1 N–H and O–H groups in total. The van der Waals surface area contributed by atoms with Gasteiger partial charge in [-0.05, 0) is 25.1 Å². The van der Waals surface area contributed by atoms with Gasteiger partial charge in [-0.1, -0.05) is 48.5 Å². The zero-order valence-corrected chi connectivity index (χ0v) is 16.3. The minimum Gasteiger partial charge on any atom is -0.350 e. The Kier molecular flexibility index (Phi) is 5.30. The van der Waals surface area contributed by atoms with E-state index in [2.05, 4.69) is 29.5 Å². The minimum absolute atomic E-state index is 0.141. The van der Waals surface area contributed by atoms with E-state index in [0.717, 1.165) is 22.0 Å². The molecule has 2 heterocycles. The Hall–Kier alpha value is -3.25. The van der Waals surface area contributed by atoms with Crippen LogP contribution >= 0.6 is 11.3 Å². The van der Waals surface area contributed by atoms with E-state index in [1.807, 2.05) is 48.5 Å². The Labute approximate surface area is 167 Å². The van der Waals surface area contributed by atoms with Gasteiger partial charge in [-0.2, -0.15) is 5.10 Å². The van der Waals surface area contributed by atoms with Crippen LogP contribution in [0.5, 0.6) is 0 Å². The molecule has 0 radical (unpaired) electrons. The molecule has 6 heteroatoms. The lowest BCUT2D eigenvalue weighted by molar-refractivity contribution is 0.0946. The fourth-order valence-corrected chi connectivity index (χ4v) is 4.00. The molecule has 0 aliphatic carbocycles. The molecule has 0 atom stereocenters. The van der Waals surface area contributed by atoms with Crippen molar-refractivity contribution in [3.8, 4) is 16.9 Å². The van der Waals surface area contributed by atoms with E-state index in [9.17, 15) is 4.79 Å². The van der Waals surface area contributed by atoms with Gasteiger partial charge in [-0.25, -0.2) is 9.67 Å². The molecule has 4 rings (SSSR count). The highest BCUT2D eigenvalue weighted by Gasteiger charge is 2.14. The lowest BCUT2D eigenvalue weighted by Crippen LogP contribution is -2.27. The first-order valence-electron chi connectivity index (χ1n) is 9.12. The summed E-state index contributed by atoms with van der Waals surface area (Å²) in [6.07, 6.45) is 2.34. The van der Waals surface area contributed by atoms with Crippen LogP contribution in [0.15, 0.2) is 72.9 Å². The molecule has 140 valence electrons. The normalized spacial score (nSPS) is 10.8. The summed E-state index contributed by atoms with van der Waals surface area (Å²) in [7, 11) is 0. The number of benzene rings is 2. The van der Waals surface area contributed by atoms with Crippen molar-refractivity contribution in [1.29, 1.82) is 0 Å². The molecule has 5 nitrogen and oxygen atoms in total. The largest absolute Gasteiger partial charge is 0.350 e. The first-order valence-corrected chi connectivity index (χ1v) is 9.93. The molecule has 0 unspecified atom stereocenters. The maximum atomic E-state index is 12.6. The standard InChI is InChI=1S/C22H20N4OS/c1-16-21(17-8-4-2-5-9-17)25-20(28-16)13-14-23-22(27)19-12-15-24-26(19)18-10-6-3-7-11-18/h2-12,15H,13-14H2,1H3,(H,23,27). The second-order valence-corrected chi connectivity index (χ2v) is 7.64. The van der Waals surface area contributed by atoms with Gasteiger partial charge in [-0.15, -0.1) is 11.3 Å². The van der Waals surface area contributed by atoms with Crippen LogP contribution < -0.4 is 5.32 Å². The number of aromatic nitrogens is 3. The molecule has 2 aromatic heterocycles. The molecule has 2 aromatic carbocycles. The van der Waals surface area contributed by atoms with E-state index in [0.29, 0.717) is 18.7 Å². The molecule has 4 aromatic rings. The summed E-state index contributed by atoms with van der Waals surface area (Å²) in [6.45, 7) is 2.61. The maximum Gasteiger partial charge on any atom is 0.270 e. The molecule has 0 saturated heterocycles. The van der Waals surface area contributed by atoms with Crippen LogP contribution in [0, 0.1) is 6.92 Å². The first-order chi connectivity index (χ1) is 13.7. The second-order valence-electron chi connectivity index (χ2n) is 6.35. The van der Waals surface area contributed by atoms with E-state index < -0.39 is 0 Å². The Morgan fingerprint density at radius 1 is 1.04 bits per heavy atom. The molecule has 0 fully saturated rings. The van der Waals surface area contributed by atoms with Crippen molar-refractivity contribution in [1.82, 2.24) is 20.1 Å². The fourth-order valence-electron chi connectivity index (χ4n) is 3.05. The SMILES string of the molecule is Cc1sc(CCNC(=O)c2ccnn2-c2ccccc2)nc1-c1ccccc1. The van der Waals surface area contributed by atoms with E-state index in [1.54, 1.807) is 28.3 Å². The molecule has 0 aliphatic rings. The molecule has 0 aliphatic heterocycles. The number of aryl methyl sites for hydroxylation is 1. The van der Waals surface area contributed by atoms with E-state index in [1.165, 1.54) is 4.88 Å². The van der Waals surface area contributed by atoms with Gasteiger partial charge in [0.1, 0.15) is 5.69 Å². The molecule has 28 heavy (non-hydrogen) atoms. The van der Waals surface area contributed by atoms with Gasteiger partial charge < -0.3 is 5.32 Å². The van der Waals surface area contributed by atoms with Crippen molar-refractivity contribution in [3.05, 3.63) is 88.5 Å². The predicted octanol–water partition coefficient (Wildman–Crippen LogP) is 4.28. The number of para-hydroxylation sites is 1. The van der Waals surface area contributed by atoms with Crippen LogP contribution in [-0.4, -0.2) is 27.2 Å². The Morgan fingerprint density at radius 2 is 1.75 bits per heavy atom. The van der Waals surface area contributed by atoms with Gasteiger partial charge >= 0.3 is 0 Å². The number of thiazole rings is 1. The van der Waals surface area contributed by atoms with Gasteiger partial charge in [0, 0.05) is 23.4 Å². The third kappa shape index (κ3) is 3.87. The van der Waals surface area contributed by atoms with Crippen molar-refractivity contribution in [3.63, 3.8) is 0 Å². The van der Waals surface area contributed by atoms with Crippen molar-refractivity contribution in [2.75, 3.05) is 6.54 Å². The number of hydrogen-bond acceptors (Lipinski definition) is 4. The van der Waals surface area contributed by atoms with E-state index in [4.69, 9.17) is 4.98 Å². The first kappa shape index (κ1) is 18.1. The molecule has 0 bridgehead atoms. The van der Waals surface area contributed by atoms with Crippen LogP contribution in [-0.2, 0) is 6.42 Å². The molecule has 0 saturated carbocycles. The Bertz CT molecular complexity index is 1070. The number of amides is 1. The molecule has 0 spiro atoms. The summed E-state index contributed by atoms with van der Waals surface area (Å²) in [5.74, 6) is -0.141. The van der Waals surface area contributed by atoms with Crippen LogP contribution in [0.3, 0.4) is 0 Å². The lowest BCUT2D eigenvalue weighted by atomic mass is 10.1. The van der Waals surface area contributed by atoms with Crippen LogP contribution in [0.25, 0.3) is 16.9 Å². The summed E-state index contributed by atoms with van der Waals surface area (Å²) < 4.78 is 1.65. The fraction of sp³-hybridized carbons (Fsp3) is 0.136. The topological polar surface area (TPSA) is 59.8 Å². The lowest BCUT2D eigenvalue weighted by Gasteiger charge is -2.07. The Balaban J connectivity index is 1.40. The highest BCUT2D eigenvalue weighted by Crippen LogP contribution is 2.27. The number of nitrogens with zero attached hydrogens (tertiary/aromatic N) is 3. The zero-order chi connectivity index (χ0) is 19.3. The van der Waals surface area contributed by atoms with Crippen molar-refractivity contribution < 1.29 is 4.79 Å². The summed E-state index contributed by atoms with van der Waals surface area (Å²) in [6, 6.07) is 21.5. The summed E-state index contributed by atoms with van der Waals surface area (Å²) in [5, 5.41) is 8.27. The minimum atomic E-state index is -0.141. The number of hydrogen-bond donors (Lipinski definition) is 1. The van der Waals surface area contributed by atoms with Crippen molar-refractivity contribution in [2.24, 2.45) is 0 Å². The third-order valence-electron chi connectivity index (χ3n) is 4.39.